The summed E-state index contributed by atoms with van der Waals surface area (Å²) >= 11 is 8.53. The summed E-state index contributed by atoms with van der Waals surface area (Å²) in [6.07, 6.45) is 0. The highest BCUT2D eigenvalue weighted by molar-refractivity contribution is 9.10. The van der Waals surface area contributed by atoms with Crippen LogP contribution in [0.5, 0.6) is 0 Å². The van der Waals surface area contributed by atoms with Gasteiger partial charge in [0.25, 0.3) is 0 Å². The summed E-state index contributed by atoms with van der Waals surface area (Å²) in [4.78, 5) is 2.61. The maximum absolute atomic E-state index is 5.63. The van der Waals surface area contributed by atoms with E-state index in [4.69, 9.17) is 18.0 Å². The zero-order valence-electron chi connectivity index (χ0n) is 9.99. The average Bonchev–Trinajstić information content (AvgIpc) is 2.43. The maximum Gasteiger partial charge on any atom is 0.0899 e. The summed E-state index contributed by atoms with van der Waals surface area (Å²) < 4.78 is 2.93. The lowest BCUT2D eigenvalue weighted by Crippen LogP contribution is -2.39. The summed E-state index contributed by atoms with van der Waals surface area (Å²) in [5, 5.41) is 4.35. The second-order valence-electron chi connectivity index (χ2n) is 3.96. The molecule has 0 radical (unpaired) electrons. The standard InChI is InChI=1S/C10H17BrN4S/c1-6-9(11)8(15(4)13-6)5-14(3)7(2)10(12)16/h7H,5H2,1-4H3,(H2,12,16). The van der Waals surface area contributed by atoms with E-state index >= 15 is 0 Å². The molecule has 4 nitrogen and oxygen atoms in total. The number of nitrogens with zero attached hydrogens (tertiary/aromatic N) is 3. The molecule has 0 bridgehead atoms. The zero-order valence-corrected chi connectivity index (χ0v) is 12.4. The van der Waals surface area contributed by atoms with Gasteiger partial charge in [0.15, 0.2) is 0 Å². The van der Waals surface area contributed by atoms with Crippen LogP contribution >= 0.6 is 28.1 Å². The second-order valence-corrected chi connectivity index (χ2v) is 5.23. The third-order valence-corrected chi connectivity index (χ3v) is 4.11. The molecule has 0 aliphatic rings. The largest absolute Gasteiger partial charge is 0.392 e. The fraction of sp³-hybridized carbons (Fsp3) is 0.600. The van der Waals surface area contributed by atoms with Crippen molar-refractivity contribution in [3.8, 4) is 0 Å². The number of thiocarbonyl (C=S) groups is 1. The summed E-state index contributed by atoms with van der Waals surface area (Å²) in [5.41, 5.74) is 7.75. The molecule has 0 aliphatic carbocycles. The predicted octanol–water partition coefficient (Wildman–Crippen LogP) is 1.60. The molecule has 0 aliphatic heterocycles. The van der Waals surface area contributed by atoms with Gasteiger partial charge in [-0.1, -0.05) is 12.2 Å². The Bertz CT molecular complexity index is 402. The fourth-order valence-corrected chi connectivity index (χ4v) is 2.08. The predicted molar refractivity (Wildman–Crippen MR) is 73.4 cm³/mol. The van der Waals surface area contributed by atoms with Gasteiger partial charge >= 0.3 is 0 Å². The minimum atomic E-state index is 0.0807. The number of rotatable bonds is 4. The van der Waals surface area contributed by atoms with Crippen LogP contribution in [0.2, 0.25) is 0 Å². The average molecular weight is 305 g/mol. The Morgan fingerprint density at radius 3 is 2.62 bits per heavy atom. The smallest absolute Gasteiger partial charge is 0.0899 e. The molecule has 90 valence electrons. The van der Waals surface area contributed by atoms with E-state index in [0.29, 0.717) is 4.99 Å². The van der Waals surface area contributed by atoms with Gasteiger partial charge < -0.3 is 5.73 Å². The molecule has 1 atom stereocenters. The number of aromatic nitrogens is 2. The van der Waals surface area contributed by atoms with E-state index in [0.717, 1.165) is 22.4 Å². The van der Waals surface area contributed by atoms with Crippen molar-refractivity contribution in [2.45, 2.75) is 26.4 Å². The number of hydrogen-bond donors (Lipinski definition) is 1. The molecule has 2 N–H and O–H groups in total. The van der Waals surface area contributed by atoms with Crippen LogP contribution < -0.4 is 5.73 Å². The molecule has 0 spiro atoms. The van der Waals surface area contributed by atoms with E-state index in [1.807, 2.05) is 32.6 Å². The molecule has 1 aromatic rings. The van der Waals surface area contributed by atoms with E-state index in [2.05, 4.69) is 25.9 Å². The Hall–Kier alpha value is -0.460. The first-order chi connectivity index (χ1) is 7.34. The van der Waals surface area contributed by atoms with Gasteiger partial charge in [-0.3, -0.25) is 9.58 Å². The molecular weight excluding hydrogens is 288 g/mol. The van der Waals surface area contributed by atoms with Crippen LogP contribution in [0, 0.1) is 6.92 Å². The van der Waals surface area contributed by atoms with Gasteiger partial charge in [0.2, 0.25) is 0 Å². The SMILES string of the molecule is Cc1nn(C)c(CN(C)C(C)C(N)=S)c1Br. The first kappa shape index (κ1) is 13.6. The maximum atomic E-state index is 5.63. The number of likely N-dealkylation sites (N-methyl/N-ethyl adjacent to an activating group) is 1. The van der Waals surface area contributed by atoms with Gasteiger partial charge in [0.05, 0.1) is 26.9 Å². The number of aryl methyl sites for hydroxylation is 2. The molecule has 16 heavy (non-hydrogen) atoms. The van der Waals surface area contributed by atoms with E-state index in [1.165, 1.54) is 0 Å². The van der Waals surface area contributed by atoms with Crippen molar-refractivity contribution in [2.24, 2.45) is 12.8 Å². The van der Waals surface area contributed by atoms with Crippen LogP contribution in [0.15, 0.2) is 4.47 Å². The third kappa shape index (κ3) is 2.81. The van der Waals surface area contributed by atoms with E-state index in [-0.39, 0.29) is 6.04 Å². The summed E-state index contributed by atoms with van der Waals surface area (Å²) in [7, 11) is 3.94. The Morgan fingerprint density at radius 1 is 1.69 bits per heavy atom. The van der Waals surface area contributed by atoms with Crippen molar-refractivity contribution in [3.63, 3.8) is 0 Å². The van der Waals surface area contributed by atoms with Gasteiger partial charge in [0.1, 0.15) is 0 Å². The number of hydrogen-bond acceptors (Lipinski definition) is 3. The summed E-state index contributed by atoms with van der Waals surface area (Å²) in [6.45, 7) is 4.74. The van der Waals surface area contributed by atoms with Crippen LogP contribution in [0.25, 0.3) is 0 Å². The van der Waals surface area contributed by atoms with Crippen molar-refractivity contribution in [1.29, 1.82) is 0 Å². The number of nitrogens with two attached hydrogens (primary N) is 1. The van der Waals surface area contributed by atoms with E-state index in [1.54, 1.807) is 0 Å². The van der Waals surface area contributed by atoms with Crippen LogP contribution in [-0.4, -0.2) is 32.8 Å². The van der Waals surface area contributed by atoms with Gasteiger partial charge in [-0.15, -0.1) is 0 Å². The molecular formula is C10H17BrN4S. The number of halogens is 1. The van der Waals surface area contributed by atoms with Crippen molar-refractivity contribution in [3.05, 3.63) is 15.9 Å². The zero-order chi connectivity index (χ0) is 12.5. The van der Waals surface area contributed by atoms with Gasteiger partial charge in [-0.2, -0.15) is 5.10 Å². The highest BCUT2D eigenvalue weighted by Gasteiger charge is 2.17. The minimum Gasteiger partial charge on any atom is -0.392 e. The van der Waals surface area contributed by atoms with Crippen LogP contribution in [0.1, 0.15) is 18.3 Å². The van der Waals surface area contributed by atoms with Gasteiger partial charge in [-0.25, -0.2) is 0 Å². The van der Waals surface area contributed by atoms with Crippen LogP contribution in [-0.2, 0) is 13.6 Å². The van der Waals surface area contributed by atoms with Gasteiger partial charge in [-0.05, 0) is 36.8 Å². The second kappa shape index (κ2) is 5.25. The lowest BCUT2D eigenvalue weighted by atomic mass is 10.2. The molecule has 0 fully saturated rings. The van der Waals surface area contributed by atoms with Crippen molar-refractivity contribution in [1.82, 2.24) is 14.7 Å². The van der Waals surface area contributed by atoms with Crippen molar-refractivity contribution in [2.75, 3.05) is 7.05 Å². The Labute approximate surface area is 110 Å². The Kier molecular flexibility index (Phi) is 4.46. The summed E-state index contributed by atoms with van der Waals surface area (Å²) in [5.74, 6) is 0. The molecule has 1 aromatic heterocycles. The van der Waals surface area contributed by atoms with E-state index in [9.17, 15) is 0 Å². The molecule has 0 saturated heterocycles. The van der Waals surface area contributed by atoms with Crippen LogP contribution in [0.3, 0.4) is 0 Å². The molecule has 0 aromatic carbocycles. The monoisotopic (exact) mass is 304 g/mol. The molecule has 0 saturated carbocycles. The van der Waals surface area contributed by atoms with Crippen LogP contribution in [0.4, 0.5) is 0 Å². The molecule has 1 rings (SSSR count). The first-order valence-corrected chi connectivity index (χ1v) is 6.22. The quantitative estimate of drug-likeness (QED) is 0.858. The topological polar surface area (TPSA) is 47.1 Å². The molecule has 1 unspecified atom stereocenters. The molecule has 0 amide bonds. The third-order valence-electron chi connectivity index (χ3n) is 2.73. The molecule has 6 heteroatoms. The van der Waals surface area contributed by atoms with Gasteiger partial charge in [0, 0.05) is 13.6 Å². The van der Waals surface area contributed by atoms with E-state index < -0.39 is 0 Å². The lowest BCUT2D eigenvalue weighted by Gasteiger charge is -2.23. The lowest BCUT2D eigenvalue weighted by molar-refractivity contribution is 0.295. The van der Waals surface area contributed by atoms with Crippen molar-refractivity contribution < 1.29 is 0 Å². The highest BCUT2D eigenvalue weighted by atomic mass is 79.9. The highest BCUT2D eigenvalue weighted by Crippen LogP contribution is 2.21. The summed E-state index contributed by atoms with van der Waals surface area (Å²) in [6, 6.07) is 0.0807. The normalized spacial score (nSPS) is 13.1. The Balaban J connectivity index is 2.84. The Morgan fingerprint density at radius 2 is 2.25 bits per heavy atom. The first-order valence-electron chi connectivity index (χ1n) is 5.02. The molecule has 1 heterocycles. The minimum absolute atomic E-state index is 0.0807. The fourth-order valence-electron chi connectivity index (χ4n) is 1.44. The van der Waals surface area contributed by atoms with Crippen molar-refractivity contribution >= 4 is 33.1 Å².